The number of ether oxygens (including phenoxy) is 2. The molecule has 1 atom stereocenters. The second-order valence-electron chi connectivity index (χ2n) is 10.7. The van der Waals surface area contributed by atoms with Crippen LogP contribution in [0.25, 0.3) is 0 Å². The van der Waals surface area contributed by atoms with Crippen molar-refractivity contribution in [2.24, 2.45) is 0 Å². The first-order chi connectivity index (χ1) is 16.7. The van der Waals surface area contributed by atoms with Gasteiger partial charge in [0.2, 0.25) is 0 Å². The van der Waals surface area contributed by atoms with E-state index in [4.69, 9.17) is 9.47 Å². The van der Waals surface area contributed by atoms with Gasteiger partial charge < -0.3 is 10.9 Å². The normalized spacial score (nSPS) is 11.5. The molecule has 3 nitrogen and oxygen atoms in total. The van der Waals surface area contributed by atoms with E-state index >= 15 is 0 Å². The van der Waals surface area contributed by atoms with E-state index in [9.17, 15) is 4.79 Å². The average Bonchev–Trinajstić information content (AvgIpc) is 2.79. The Morgan fingerprint density at radius 3 is 1.92 bits per heavy atom. The molecule has 0 amide bonds. The number of hydrogen-bond donors (Lipinski definition) is 0. The Hall–Kier alpha value is -1.26. The van der Waals surface area contributed by atoms with Gasteiger partial charge in [0.05, 0.1) is 13.2 Å². The Morgan fingerprint density at radius 2 is 1.39 bits per heavy atom. The first kappa shape index (κ1) is 32.8. The van der Waals surface area contributed by atoms with E-state index in [0.717, 1.165) is 52.9 Å². The van der Waals surface area contributed by atoms with Crippen molar-refractivity contribution >= 4 is 19.4 Å². The summed E-state index contributed by atoms with van der Waals surface area (Å²) >= 11 is 0. The van der Waals surface area contributed by atoms with E-state index in [0.29, 0.717) is 6.61 Å². The van der Waals surface area contributed by atoms with Gasteiger partial charge in [-0.2, -0.15) is 0 Å². The second kappa shape index (κ2) is 16.6. The smallest absolute Gasteiger partial charge is 1.00 e. The summed E-state index contributed by atoms with van der Waals surface area (Å²) < 4.78 is 12.2. The predicted octanol–water partition coefficient (Wildman–Crippen LogP) is 5.78. The van der Waals surface area contributed by atoms with Gasteiger partial charge >= 0.3 is 18.9 Å². The van der Waals surface area contributed by atoms with E-state index < -0.39 is 0 Å². The first-order valence-electron chi connectivity index (χ1n) is 13.5. The van der Waals surface area contributed by atoms with Crippen LogP contribution in [0, 0.1) is 13.8 Å². The molecule has 5 heteroatoms. The molecule has 0 fully saturated rings. The van der Waals surface area contributed by atoms with E-state index in [-0.39, 0.29) is 39.8 Å². The van der Waals surface area contributed by atoms with Gasteiger partial charge in [-0.3, -0.25) is 4.79 Å². The summed E-state index contributed by atoms with van der Waals surface area (Å²) in [4.78, 5) is 13.5. The minimum absolute atomic E-state index is 0. The van der Waals surface area contributed by atoms with Crippen LogP contribution >= 0.6 is 8.58 Å². The molecule has 196 valence electrons. The molecular weight excluding hydrogens is 458 g/mol. The zero-order valence-corrected chi connectivity index (χ0v) is 25.2. The molecule has 0 bridgehead atoms. The topological polar surface area (TPSA) is 35.5 Å². The van der Waals surface area contributed by atoms with E-state index in [2.05, 4.69) is 60.6 Å². The Kier molecular flexibility index (Phi) is 15.1. The Balaban J connectivity index is 0.00000648. The van der Waals surface area contributed by atoms with Crippen LogP contribution in [0.15, 0.2) is 30.3 Å². The molecule has 0 saturated carbocycles. The van der Waals surface area contributed by atoms with Gasteiger partial charge in [-0.15, -0.1) is 0 Å². The van der Waals surface area contributed by atoms with Gasteiger partial charge in [-0.05, 0) is 69.5 Å². The van der Waals surface area contributed by atoms with Crippen molar-refractivity contribution in [1.82, 2.24) is 0 Å². The monoisotopic (exact) mass is 506 g/mol. The average molecular weight is 507 g/mol. The largest absolute Gasteiger partial charge is 1.00 e. The first-order valence-corrected chi connectivity index (χ1v) is 14.5. The number of carbonyl (C=O) groups is 1. The molecule has 0 heterocycles. The second-order valence-corrected chi connectivity index (χ2v) is 11.9. The fraction of sp³-hybridized carbons (Fsp3) is 0.581. The van der Waals surface area contributed by atoms with Crippen LogP contribution < -0.4 is 33.6 Å². The zero-order valence-electron chi connectivity index (χ0n) is 25.2. The molecule has 2 rings (SSSR count). The molecule has 0 radical (unpaired) electrons. The molecule has 0 spiro atoms. The molecule has 0 aliphatic rings. The third-order valence-corrected chi connectivity index (χ3v) is 7.51. The van der Waals surface area contributed by atoms with Gasteiger partial charge in [0.25, 0.3) is 0 Å². The number of hydrogen-bond acceptors (Lipinski definition) is 3. The van der Waals surface area contributed by atoms with Crippen molar-refractivity contribution < 1.29 is 34.6 Å². The van der Waals surface area contributed by atoms with Crippen molar-refractivity contribution in [2.45, 2.75) is 105 Å². The summed E-state index contributed by atoms with van der Waals surface area (Å²) in [5, 5.41) is 0.961. The van der Waals surface area contributed by atoms with Crippen LogP contribution in [-0.4, -0.2) is 18.7 Å². The Morgan fingerprint density at radius 1 is 0.833 bits per heavy atom. The fourth-order valence-corrected chi connectivity index (χ4v) is 5.38. The van der Waals surface area contributed by atoms with E-state index in [1.54, 1.807) is 0 Å². The van der Waals surface area contributed by atoms with E-state index in [1.807, 2.05) is 18.2 Å². The quantitative estimate of drug-likeness (QED) is 0.175. The number of carbonyl (C=O) groups excluding carboxylic acids is 1. The van der Waals surface area contributed by atoms with Crippen LogP contribution in [0.5, 0.6) is 11.5 Å². The molecule has 2 aromatic carbocycles. The molecule has 0 aromatic heterocycles. The van der Waals surface area contributed by atoms with Crippen LogP contribution in [0.4, 0.5) is 0 Å². The summed E-state index contributed by atoms with van der Waals surface area (Å²) in [5.41, 5.74) is 4.46. The molecular formula is C31H48LiO3P. The number of benzene rings is 2. The minimum atomic E-state index is 0. The summed E-state index contributed by atoms with van der Waals surface area (Å²) in [5.74, 6) is 1.62. The maximum atomic E-state index is 13.5. The van der Waals surface area contributed by atoms with Crippen molar-refractivity contribution in [3.05, 3.63) is 52.6 Å². The Labute approximate surface area is 236 Å². The van der Waals surface area contributed by atoms with Gasteiger partial charge in [-0.25, -0.2) is 0 Å². The maximum Gasteiger partial charge on any atom is 1.00 e. The molecule has 0 aliphatic heterocycles. The Bertz CT molecular complexity index is 933. The van der Waals surface area contributed by atoms with Crippen molar-refractivity contribution in [2.75, 3.05) is 13.2 Å². The van der Waals surface area contributed by atoms with Crippen molar-refractivity contribution in [1.29, 1.82) is 0 Å². The van der Waals surface area contributed by atoms with Gasteiger partial charge in [0.1, 0.15) is 11.5 Å². The van der Waals surface area contributed by atoms with Gasteiger partial charge in [0, 0.05) is 16.9 Å². The standard InChI is InChI=1S/C31H47O3P.Li.H/c1-8-10-12-14-18-33-26-16-17-28(27(22-26)34-19-15-13-11-9-2)35-30(32)29-23(3)20-25(21-24(29)4)31(5,6)7;;/h16-17,20-22,35H,8-15,18-19H2,1-7H3;;/q;+1;-1. The molecule has 2 aromatic rings. The zero-order chi connectivity index (χ0) is 25.8. The van der Waals surface area contributed by atoms with Gasteiger partial charge in [-0.1, -0.05) is 85.3 Å². The number of rotatable bonds is 15. The third-order valence-electron chi connectivity index (χ3n) is 6.35. The van der Waals surface area contributed by atoms with Crippen LogP contribution in [0.3, 0.4) is 0 Å². The summed E-state index contributed by atoms with van der Waals surface area (Å²) in [6, 6.07) is 10.3. The fourth-order valence-electron chi connectivity index (χ4n) is 4.18. The van der Waals surface area contributed by atoms with Crippen LogP contribution in [0.1, 0.15) is 114 Å². The maximum absolute atomic E-state index is 13.5. The molecule has 0 N–H and O–H groups in total. The molecule has 0 saturated heterocycles. The van der Waals surface area contributed by atoms with Gasteiger partial charge in [0.15, 0.2) is 5.52 Å². The van der Waals surface area contributed by atoms with Crippen LogP contribution in [0.2, 0.25) is 0 Å². The third kappa shape index (κ3) is 10.6. The minimum Gasteiger partial charge on any atom is -1.00 e. The summed E-state index contributed by atoms with van der Waals surface area (Å²) in [6.45, 7) is 16.6. The van der Waals surface area contributed by atoms with Crippen molar-refractivity contribution in [3.63, 3.8) is 0 Å². The summed E-state index contributed by atoms with van der Waals surface area (Å²) in [7, 11) is 0.0221. The SMILES string of the molecule is CCCCCCOc1ccc(PC(=O)c2c(C)cc(C(C)(C)C)cc2C)c(OCCCCCC)c1.[H-].[Li+]. The number of unbranched alkanes of at least 4 members (excludes halogenated alkanes) is 6. The molecule has 1 unspecified atom stereocenters. The molecule has 36 heavy (non-hydrogen) atoms. The number of aryl methyl sites for hydroxylation is 2. The van der Waals surface area contributed by atoms with Crippen LogP contribution in [-0.2, 0) is 5.41 Å². The summed E-state index contributed by atoms with van der Waals surface area (Å²) in [6.07, 6.45) is 9.34. The van der Waals surface area contributed by atoms with E-state index in [1.165, 1.54) is 44.1 Å². The predicted molar refractivity (Wildman–Crippen MR) is 154 cm³/mol. The van der Waals surface area contributed by atoms with Crippen molar-refractivity contribution in [3.8, 4) is 11.5 Å². The molecule has 0 aliphatic carbocycles.